The molecule has 0 aromatic heterocycles. The predicted octanol–water partition coefficient (Wildman–Crippen LogP) is -0.406. The minimum absolute atomic E-state index is 0.291. The molecule has 0 aromatic carbocycles. The van der Waals surface area contributed by atoms with Gasteiger partial charge >= 0.3 is 6.03 Å². The van der Waals surface area contributed by atoms with Gasteiger partial charge in [0.25, 0.3) is 5.91 Å². The van der Waals surface area contributed by atoms with Crippen molar-refractivity contribution in [2.45, 2.75) is 25.2 Å². The van der Waals surface area contributed by atoms with Crippen LogP contribution in [-0.2, 0) is 14.3 Å². The molecule has 1 heterocycles. The van der Waals surface area contributed by atoms with Crippen molar-refractivity contribution >= 4 is 11.9 Å². The summed E-state index contributed by atoms with van der Waals surface area (Å²) in [5, 5.41) is 4.65. The molecule has 0 spiro atoms. The van der Waals surface area contributed by atoms with E-state index in [4.69, 9.17) is 9.47 Å². The van der Waals surface area contributed by atoms with Gasteiger partial charge in [0.1, 0.15) is 6.04 Å². The Morgan fingerprint density at radius 1 is 1.36 bits per heavy atom. The van der Waals surface area contributed by atoms with E-state index in [2.05, 4.69) is 10.6 Å². The van der Waals surface area contributed by atoms with Crippen molar-refractivity contribution in [3.8, 4) is 0 Å². The summed E-state index contributed by atoms with van der Waals surface area (Å²) in [6.45, 7) is 0. The first-order valence-corrected chi connectivity index (χ1v) is 4.34. The average Bonchev–Trinajstić information content (AvgIpc) is 2.47. The second kappa shape index (κ2) is 4.92. The highest BCUT2D eigenvalue weighted by molar-refractivity contribution is 6.04. The summed E-state index contributed by atoms with van der Waals surface area (Å²) in [7, 11) is 3.06. The van der Waals surface area contributed by atoms with E-state index in [9.17, 15) is 9.59 Å². The normalized spacial score (nSPS) is 21.2. The predicted molar refractivity (Wildman–Crippen MR) is 47.5 cm³/mol. The van der Waals surface area contributed by atoms with Gasteiger partial charge in [0.15, 0.2) is 6.29 Å². The van der Waals surface area contributed by atoms with Crippen LogP contribution in [0.25, 0.3) is 0 Å². The van der Waals surface area contributed by atoms with Crippen molar-refractivity contribution in [1.29, 1.82) is 0 Å². The minimum atomic E-state index is -0.463. The van der Waals surface area contributed by atoms with Crippen LogP contribution in [0.3, 0.4) is 0 Å². The van der Waals surface area contributed by atoms with Crippen LogP contribution in [0.2, 0.25) is 0 Å². The van der Waals surface area contributed by atoms with Gasteiger partial charge < -0.3 is 14.8 Å². The molecule has 1 rings (SSSR count). The first-order valence-electron chi connectivity index (χ1n) is 4.34. The Bertz CT molecular complexity index is 227. The molecule has 3 amide bonds. The lowest BCUT2D eigenvalue weighted by Gasteiger charge is -2.14. The van der Waals surface area contributed by atoms with Crippen molar-refractivity contribution in [3.63, 3.8) is 0 Å². The van der Waals surface area contributed by atoms with Crippen molar-refractivity contribution in [2.24, 2.45) is 0 Å². The zero-order chi connectivity index (χ0) is 10.6. The smallest absolute Gasteiger partial charge is 0.322 e. The van der Waals surface area contributed by atoms with Crippen LogP contribution >= 0.6 is 0 Å². The largest absolute Gasteiger partial charge is 0.356 e. The van der Waals surface area contributed by atoms with E-state index in [1.807, 2.05) is 0 Å². The standard InChI is InChI=1S/C8H14N2O4/c1-13-6(14-2)4-3-5-7(11)10-8(12)9-5/h5-6H,3-4H2,1-2H3,(H2,9,10,11,12). The number of ether oxygens (including phenoxy) is 2. The number of carbonyl (C=O) groups excluding carboxylic acids is 2. The lowest BCUT2D eigenvalue weighted by atomic mass is 10.1. The summed E-state index contributed by atoms with van der Waals surface area (Å²) in [6, 6.07) is -0.901. The van der Waals surface area contributed by atoms with Crippen LogP contribution in [0.15, 0.2) is 0 Å². The summed E-state index contributed by atoms with van der Waals surface area (Å²) in [4.78, 5) is 21.8. The highest BCUT2D eigenvalue weighted by atomic mass is 16.7. The number of methoxy groups -OCH3 is 2. The van der Waals surface area contributed by atoms with Crippen LogP contribution in [-0.4, -0.2) is 38.5 Å². The fourth-order valence-corrected chi connectivity index (χ4v) is 1.30. The summed E-state index contributed by atoms with van der Waals surface area (Å²) >= 11 is 0. The first-order chi connectivity index (χ1) is 6.67. The second-order valence-electron chi connectivity index (χ2n) is 2.99. The molecule has 6 nitrogen and oxygen atoms in total. The van der Waals surface area contributed by atoms with Gasteiger partial charge in [0, 0.05) is 20.6 Å². The topological polar surface area (TPSA) is 76.7 Å². The number of urea groups is 1. The average molecular weight is 202 g/mol. The molecule has 1 unspecified atom stereocenters. The van der Waals surface area contributed by atoms with Crippen LogP contribution in [0.5, 0.6) is 0 Å². The molecule has 0 saturated carbocycles. The third kappa shape index (κ3) is 2.68. The molecule has 0 aliphatic carbocycles. The Morgan fingerprint density at radius 2 is 2.00 bits per heavy atom. The quantitative estimate of drug-likeness (QED) is 0.469. The lowest BCUT2D eigenvalue weighted by molar-refractivity contribution is -0.122. The third-order valence-corrected chi connectivity index (χ3v) is 2.08. The molecule has 80 valence electrons. The summed E-state index contributed by atoms with van der Waals surface area (Å²) in [5.41, 5.74) is 0. The minimum Gasteiger partial charge on any atom is -0.356 e. The van der Waals surface area contributed by atoms with Gasteiger partial charge in [0.05, 0.1) is 0 Å². The van der Waals surface area contributed by atoms with Gasteiger partial charge in [-0.1, -0.05) is 0 Å². The Hall–Kier alpha value is -1.14. The Kier molecular flexibility index (Phi) is 3.84. The van der Waals surface area contributed by atoms with Crippen LogP contribution in [0, 0.1) is 0 Å². The molecule has 1 fully saturated rings. The van der Waals surface area contributed by atoms with Crippen molar-refractivity contribution in [1.82, 2.24) is 10.6 Å². The number of nitrogens with one attached hydrogen (secondary N) is 2. The number of carbonyl (C=O) groups is 2. The maximum Gasteiger partial charge on any atom is 0.322 e. The van der Waals surface area contributed by atoms with E-state index in [-0.39, 0.29) is 12.2 Å². The van der Waals surface area contributed by atoms with E-state index < -0.39 is 12.1 Å². The lowest BCUT2D eigenvalue weighted by Crippen LogP contribution is -2.30. The van der Waals surface area contributed by atoms with E-state index in [0.29, 0.717) is 12.8 Å². The summed E-state index contributed by atoms with van der Waals surface area (Å²) in [6.07, 6.45) is 0.732. The van der Waals surface area contributed by atoms with Crippen LogP contribution < -0.4 is 10.6 Å². The van der Waals surface area contributed by atoms with Crippen LogP contribution in [0.4, 0.5) is 4.79 Å². The van der Waals surface area contributed by atoms with Crippen LogP contribution in [0.1, 0.15) is 12.8 Å². The van der Waals surface area contributed by atoms with Gasteiger partial charge in [0.2, 0.25) is 0 Å². The van der Waals surface area contributed by atoms with E-state index >= 15 is 0 Å². The Morgan fingerprint density at radius 3 is 2.43 bits per heavy atom. The van der Waals surface area contributed by atoms with Gasteiger partial charge in [-0.05, 0) is 6.42 Å². The van der Waals surface area contributed by atoms with Gasteiger partial charge in [-0.2, -0.15) is 0 Å². The zero-order valence-electron chi connectivity index (χ0n) is 8.20. The molecule has 1 aliphatic heterocycles. The van der Waals surface area contributed by atoms with Gasteiger partial charge in [-0.25, -0.2) is 4.79 Å². The number of hydrogen-bond donors (Lipinski definition) is 2. The molecule has 1 atom stereocenters. The van der Waals surface area contributed by atoms with Crippen molar-refractivity contribution in [3.05, 3.63) is 0 Å². The molecule has 2 N–H and O–H groups in total. The van der Waals surface area contributed by atoms with Gasteiger partial charge in [-0.3, -0.25) is 10.1 Å². The molecule has 1 saturated heterocycles. The van der Waals surface area contributed by atoms with E-state index in [1.54, 1.807) is 0 Å². The number of imide groups is 1. The summed E-state index contributed by atoms with van der Waals surface area (Å²) < 4.78 is 9.91. The third-order valence-electron chi connectivity index (χ3n) is 2.08. The van der Waals surface area contributed by atoms with E-state index in [1.165, 1.54) is 14.2 Å². The monoisotopic (exact) mass is 202 g/mol. The SMILES string of the molecule is COC(CCC1NC(=O)NC1=O)OC. The maximum atomic E-state index is 11.1. The number of amides is 3. The summed E-state index contributed by atoms with van der Waals surface area (Å²) in [5.74, 6) is -0.291. The molecule has 0 radical (unpaired) electrons. The maximum absolute atomic E-state index is 11.1. The second-order valence-corrected chi connectivity index (χ2v) is 2.99. The molecule has 0 bridgehead atoms. The Labute approximate surface area is 81.9 Å². The fraction of sp³-hybridized carbons (Fsp3) is 0.750. The molecule has 14 heavy (non-hydrogen) atoms. The molecule has 1 aliphatic rings. The Balaban J connectivity index is 2.31. The molecular weight excluding hydrogens is 188 g/mol. The number of hydrogen-bond acceptors (Lipinski definition) is 4. The molecule has 6 heteroatoms. The van der Waals surface area contributed by atoms with Crippen molar-refractivity contribution < 1.29 is 19.1 Å². The fourth-order valence-electron chi connectivity index (χ4n) is 1.30. The zero-order valence-corrected chi connectivity index (χ0v) is 8.20. The van der Waals surface area contributed by atoms with Crippen molar-refractivity contribution in [2.75, 3.05) is 14.2 Å². The molecular formula is C8H14N2O4. The molecule has 0 aromatic rings. The highest BCUT2D eigenvalue weighted by Crippen LogP contribution is 2.07. The van der Waals surface area contributed by atoms with Gasteiger partial charge in [-0.15, -0.1) is 0 Å². The first kappa shape index (κ1) is 10.9. The highest BCUT2D eigenvalue weighted by Gasteiger charge is 2.29. The van der Waals surface area contributed by atoms with E-state index in [0.717, 1.165) is 0 Å². The number of rotatable bonds is 5.